The number of fused-ring (bicyclic) bond motifs is 5. The van der Waals surface area contributed by atoms with E-state index >= 15 is 0 Å². The summed E-state index contributed by atoms with van der Waals surface area (Å²) in [4.78, 5) is 9.42. The zero-order chi connectivity index (χ0) is 23.9. The van der Waals surface area contributed by atoms with Crippen LogP contribution in [0.15, 0.2) is 109 Å². The maximum Gasteiger partial charge on any atom is 2.00 e. The molecule has 0 spiro atoms. The molecule has 0 aliphatic rings. The van der Waals surface area contributed by atoms with Crippen molar-refractivity contribution in [2.75, 3.05) is 0 Å². The Morgan fingerprint density at radius 1 is 0.676 bits per heavy atom. The minimum atomic E-state index is 0. The molecule has 3 heterocycles. The average molecular weight is 674 g/mol. The number of hydrogen-bond donors (Lipinski definition) is 0. The van der Waals surface area contributed by atoms with E-state index in [1.54, 1.807) is 11.3 Å². The Morgan fingerprint density at radius 2 is 1.51 bits per heavy atom. The Kier molecular flexibility index (Phi) is 6.29. The zero-order valence-corrected chi connectivity index (χ0v) is 22.5. The maximum absolute atomic E-state index is 6.13. The van der Waals surface area contributed by atoms with Gasteiger partial charge in [-0.25, -0.2) is 0 Å². The molecule has 0 saturated carbocycles. The Balaban J connectivity index is 0.00000252. The second-order valence-electron chi connectivity index (χ2n) is 8.47. The van der Waals surface area contributed by atoms with Gasteiger partial charge in [0.05, 0.1) is 0 Å². The van der Waals surface area contributed by atoms with E-state index in [1.165, 1.54) is 26.2 Å². The molecule has 0 saturated heterocycles. The normalized spacial score (nSPS) is 11.0. The molecule has 0 bridgehead atoms. The molecule has 0 fully saturated rings. The minimum absolute atomic E-state index is 0. The van der Waals surface area contributed by atoms with Crippen LogP contribution in [0.3, 0.4) is 0 Å². The fraction of sp³-hybridized carbons (Fsp3) is 0. The molecule has 0 amide bonds. The number of nitrogens with zero attached hydrogens (tertiary/aromatic N) is 2. The van der Waals surface area contributed by atoms with E-state index in [0.29, 0.717) is 11.6 Å². The molecule has 5 heteroatoms. The molecule has 0 atom stereocenters. The van der Waals surface area contributed by atoms with Crippen molar-refractivity contribution < 1.29 is 25.8 Å². The maximum atomic E-state index is 6.13. The Labute approximate surface area is 232 Å². The predicted octanol–water partition coefficient (Wildman–Crippen LogP) is 8.72. The average Bonchev–Trinajstić information content (AvgIpc) is 3.33. The third kappa shape index (κ3) is 4.33. The van der Waals surface area contributed by atoms with Crippen LogP contribution in [0, 0.1) is 12.1 Å². The van der Waals surface area contributed by atoms with Crippen molar-refractivity contribution in [2.45, 2.75) is 0 Å². The number of hydrogen-bond acceptors (Lipinski definition) is 4. The molecule has 7 rings (SSSR count). The fourth-order valence-electron chi connectivity index (χ4n) is 4.56. The Morgan fingerprint density at radius 3 is 2.43 bits per heavy atom. The van der Waals surface area contributed by atoms with Gasteiger partial charge in [0, 0.05) is 32.4 Å². The van der Waals surface area contributed by atoms with Crippen LogP contribution in [0.5, 0.6) is 11.6 Å². The number of pyridine rings is 2. The summed E-state index contributed by atoms with van der Waals surface area (Å²) in [5.41, 5.74) is 3.53. The summed E-state index contributed by atoms with van der Waals surface area (Å²) < 4.78 is 8.56. The molecule has 0 N–H and O–H groups in total. The summed E-state index contributed by atoms with van der Waals surface area (Å²) in [7, 11) is 0. The predicted molar refractivity (Wildman–Crippen MR) is 147 cm³/mol. The summed E-state index contributed by atoms with van der Waals surface area (Å²) >= 11 is 1.78. The molecule has 7 aromatic rings. The van der Waals surface area contributed by atoms with Gasteiger partial charge in [0.15, 0.2) is 0 Å². The van der Waals surface area contributed by atoms with Gasteiger partial charge in [0.2, 0.25) is 5.88 Å². The van der Waals surface area contributed by atoms with Crippen LogP contribution in [-0.2, 0) is 21.1 Å². The van der Waals surface area contributed by atoms with E-state index in [4.69, 9.17) is 9.72 Å². The molecule has 0 radical (unpaired) electrons. The molecular formula is C32H18N2OPtS. The van der Waals surface area contributed by atoms with E-state index in [9.17, 15) is 0 Å². The molecule has 37 heavy (non-hydrogen) atoms. The molecule has 3 nitrogen and oxygen atoms in total. The van der Waals surface area contributed by atoms with Gasteiger partial charge in [-0.1, -0.05) is 54.6 Å². The third-order valence-electron chi connectivity index (χ3n) is 6.22. The van der Waals surface area contributed by atoms with E-state index < -0.39 is 0 Å². The first-order chi connectivity index (χ1) is 17.8. The van der Waals surface area contributed by atoms with Gasteiger partial charge in [0.25, 0.3) is 0 Å². The first kappa shape index (κ1) is 23.5. The second-order valence-corrected chi connectivity index (χ2v) is 9.49. The molecule has 178 valence electrons. The summed E-state index contributed by atoms with van der Waals surface area (Å²) in [6.07, 6.45) is 1.88. The summed E-state index contributed by atoms with van der Waals surface area (Å²) in [5.74, 6) is 1.11. The minimum Gasteiger partial charge on any atom is -0.460 e. The van der Waals surface area contributed by atoms with Crippen LogP contribution < -0.4 is 4.74 Å². The molecule has 0 aliphatic heterocycles. The van der Waals surface area contributed by atoms with Crippen molar-refractivity contribution in [3.63, 3.8) is 0 Å². The van der Waals surface area contributed by atoms with E-state index in [2.05, 4.69) is 59.6 Å². The van der Waals surface area contributed by atoms with E-state index in [0.717, 1.165) is 27.2 Å². The van der Waals surface area contributed by atoms with Gasteiger partial charge in [-0.2, -0.15) is 0 Å². The van der Waals surface area contributed by atoms with Crippen molar-refractivity contribution in [1.82, 2.24) is 9.97 Å². The Hall–Kier alpha value is -3.85. The van der Waals surface area contributed by atoms with Crippen LogP contribution in [-0.4, -0.2) is 9.97 Å². The van der Waals surface area contributed by atoms with Crippen molar-refractivity contribution in [3.8, 4) is 34.1 Å². The smallest absolute Gasteiger partial charge is 0.460 e. The standard InChI is InChI=1S/C32H18N2OS.Pt/c1-2-9-22(10-3-1)28-14-7-15-29(34-28)35-24-12-6-11-23(20-24)30-32-27(18-19-33-30)26-17-16-21-8-4-5-13-25(21)31(26)36-32;/h1-9,11-19H;/q-2;+2. The molecule has 3 aromatic heterocycles. The molecule has 0 unspecified atom stereocenters. The van der Waals surface area contributed by atoms with Gasteiger partial charge in [-0.3, -0.25) is 4.98 Å². The zero-order valence-electron chi connectivity index (χ0n) is 19.4. The quantitative estimate of drug-likeness (QED) is 0.175. The SMILES string of the molecule is [Pt+2].[c-]1ccccc1-c1cccc(Oc2[c-]c(-c3nccc4c3sc3c5ccccc5ccc43)ccc2)n1. The number of thiophene rings is 1. The van der Waals surface area contributed by atoms with Gasteiger partial charge in [0.1, 0.15) is 0 Å². The number of benzene rings is 4. The van der Waals surface area contributed by atoms with Crippen LogP contribution in [0.4, 0.5) is 0 Å². The Bertz CT molecular complexity index is 1880. The summed E-state index contributed by atoms with van der Waals surface area (Å²) in [6.45, 7) is 0. The van der Waals surface area contributed by atoms with E-state index in [1.807, 2.05) is 66.9 Å². The first-order valence-electron chi connectivity index (χ1n) is 11.7. The second kappa shape index (κ2) is 9.89. The van der Waals surface area contributed by atoms with Crippen LogP contribution in [0.2, 0.25) is 0 Å². The monoisotopic (exact) mass is 673 g/mol. The van der Waals surface area contributed by atoms with Crippen molar-refractivity contribution in [1.29, 1.82) is 0 Å². The third-order valence-corrected chi connectivity index (χ3v) is 7.49. The number of ether oxygens (including phenoxy) is 1. The fourth-order valence-corrected chi connectivity index (χ4v) is 5.89. The van der Waals surface area contributed by atoms with Crippen molar-refractivity contribution in [3.05, 3.63) is 121 Å². The molecular weight excluding hydrogens is 656 g/mol. The van der Waals surface area contributed by atoms with Crippen LogP contribution >= 0.6 is 11.3 Å². The topological polar surface area (TPSA) is 35.0 Å². The van der Waals surface area contributed by atoms with Crippen molar-refractivity contribution in [2.24, 2.45) is 0 Å². The van der Waals surface area contributed by atoms with Crippen LogP contribution in [0.1, 0.15) is 0 Å². The van der Waals surface area contributed by atoms with Gasteiger partial charge in [-0.15, -0.1) is 71.0 Å². The molecule has 4 aromatic carbocycles. The summed E-state index contributed by atoms with van der Waals surface area (Å²) in [6, 6.07) is 41.1. The van der Waals surface area contributed by atoms with Gasteiger partial charge in [-0.05, 0) is 34.0 Å². The first-order valence-corrected chi connectivity index (χ1v) is 12.5. The van der Waals surface area contributed by atoms with Crippen LogP contribution in [0.25, 0.3) is 53.5 Å². The summed E-state index contributed by atoms with van der Waals surface area (Å²) in [5, 5.41) is 4.98. The van der Waals surface area contributed by atoms with Gasteiger partial charge < -0.3 is 9.72 Å². The largest absolute Gasteiger partial charge is 2.00 e. The number of aromatic nitrogens is 2. The van der Waals surface area contributed by atoms with E-state index in [-0.39, 0.29) is 21.1 Å². The molecule has 0 aliphatic carbocycles. The van der Waals surface area contributed by atoms with Gasteiger partial charge >= 0.3 is 21.1 Å². The number of rotatable bonds is 4. The van der Waals surface area contributed by atoms with Crippen molar-refractivity contribution >= 4 is 42.3 Å².